The molecule has 1 aliphatic rings. The molecule has 0 fully saturated rings. The van der Waals surface area contributed by atoms with Crippen LogP contribution in [0.15, 0.2) is 35.3 Å². The molecule has 3 aromatic rings. The summed E-state index contributed by atoms with van der Waals surface area (Å²) >= 11 is 0. The molecule has 0 spiro atoms. The molecule has 0 aliphatic carbocycles. The fourth-order valence-corrected chi connectivity index (χ4v) is 3.61. The van der Waals surface area contributed by atoms with Gasteiger partial charge >= 0.3 is 5.97 Å². The molecule has 1 amide bonds. The molecule has 1 aliphatic heterocycles. The number of carbonyl (C=O) groups is 2. The molecule has 3 heterocycles. The molecule has 160 valence electrons. The summed E-state index contributed by atoms with van der Waals surface area (Å²) in [6.07, 6.45) is 1.58. The van der Waals surface area contributed by atoms with Crippen molar-refractivity contribution in [3.63, 3.8) is 0 Å². The Morgan fingerprint density at radius 1 is 1.32 bits per heavy atom. The number of hydrogen-bond acceptors (Lipinski definition) is 6. The van der Waals surface area contributed by atoms with E-state index in [1.165, 1.54) is 32.3 Å². The van der Waals surface area contributed by atoms with Gasteiger partial charge in [-0.1, -0.05) is 12.1 Å². The summed E-state index contributed by atoms with van der Waals surface area (Å²) in [7, 11) is 1.30. The van der Waals surface area contributed by atoms with Crippen LogP contribution in [0.1, 0.15) is 28.4 Å². The Bertz CT molecular complexity index is 1300. The van der Waals surface area contributed by atoms with E-state index >= 15 is 0 Å². The zero-order chi connectivity index (χ0) is 22.5. The van der Waals surface area contributed by atoms with Gasteiger partial charge in [0.25, 0.3) is 11.5 Å². The number of benzene rings is 1. The van der Waals surface area contributed by atoms with Gasteiger partial charge in [-0.25, -0.2) is 9.18 Å². The van der Waals surface area contributed by atoms with Crippen LogP contribution in [-0.2, 0) is 17.8 Å². The summed E-state index contributed by atoms with van der Waals surface area (Å²) in [6, 6.07) is 5.69. The Labute approximate surface area is 174 Å². The maximum Gasteiger partial charge on any atom is 0.349 e. The first-order valence-corrected chi connectivity index (χ1v) is 9.32. The van der Waals surface area contributed by atoms with E-state index in [1.54, 1.807) is 12.1 Å². The lowest BCUT2D eigenvalue weighted by Crippen LogP contribution is -2.50. The van der Waals surface area contributed by atoms with Gasteiger partial charge in [-0.2, -0.15) is 0 Å². The maximum absolute atomic E-state index is 13.3. The third-order valence-electron chi connectivity index (χ3n) is 5.27. The molecule has 31 heavy (non-hydrogen) atoms. The van der Waals surface area contributed by atoms with Gasteiger partial charge < -0.3 is 20.3 Å². The first-order valence-electron chi connectivity index (χ1n) is 9.32. The summed E-state index contributed by atoms with van der Waals surface area (Å²) in [5.41, 5.74) is -2.04. The highest BCUT2D eigenvalue weighted by atomic mass is 19.1. The highest BCUT2D eigenvalue weighted by Gasteiger charge is 2.43. The number of rotatable bonds is 4. The largest absolute Gasteiger partial charge is 0.505 e. The van der Waals surface area contributed by atoms with E-state index in [9.17, 15) is 29.0 Å². The van der Waals surface area contributed by atoms with Crippen LogP contribution in [0, 0.1) is 5.82 Å². The number of carbonyl (C=O) groups excluding carboxylic acids is 1. The highest BCUT2D eigenvalue weighted by molar-refractivity contribution is 6.02. The third-order valence-corrected chi connectivity index (χ3v) is 5.27. The molecule has 9 nitrogen and oxygen atoms in total. The van der Waals surface area contributed by atoms with Crippen molar-refractivity contribution >= 4 is 22.9 Å². The Morgan fingerprint density at radius 2 is 2.00 bits per heavy atom. The van der Waals surface area contributed by atoms with Gasteiger partial charge in [-0.3, -0.25) is 19.1 Å². The van der Waals surface area contributed by atoms with Crippen molar-refractivity contribution in [1.82, 2.24) is 14.9 Å². The van der Waals surface area contributed by atoms with Crippen molar-refractivity contribution < 1.29 is 28.9 Å². The fourth-order valence-electron chi connectivity index (χ4n) is 3.61. The number of aromatic hydroxyl groups is 1. The zero-order valence-corrected chi connectivity index (χ0v) is 16.6. The van der Waals surface area contributed by atoms with Gasteiger partial charge in [0, 0.05) is 25.2 Å². The third kappa shape index (κ3) is 3.16. The van der Waals surface area contributed by atoms with E-state index in [1.807, 2.05) is 0 Å². The summed E-state index contributed by atoms with van der Waals surface area (Å²) in [5, 5.41) is 22.6. The normalized spacial score (nSPS) is 17.3. The summed E-state index contributed by atoms with van der Waals surface area (Å²) in [6.45, 7) is 0.918. The molecule has 0 radical (unpaired) electrons. The molecular formula is C21H18FN3O6. The van der Waals surface area contributed by atoms with E-state index in [2.05, 4.69) is 10.3 Å². The van der Waals surface area contributed by atoms with Crippen LogP contribution in [0.4, 0.5) is 4.39 Å². The number of carboxylic acid groups (broad SMARTS) is 1. The number of carboxylic acids is 1. The highest BCUT2D eigenvalue weighted by Crippen LogP contribution is 2.40. The van der Waals surface area contributed by atoms with E-state index < -0.39 is 46.7 Å². The molecule has 3 N–H and O–H groups in total. The van der Waals surface area contributed by atoms with Gasteiger partial charge in [0.15, 0.2) is 11.5 Å². The number of nitrogens with zero attached hydrogens (tertiary/aromatic N) is 2. The molecule has 0 bridgehead atoms. The Balaban J connectivity index is 2.02. The summed E-state index contributed by atoms with van der Waals surface area (Å²) in [5.74, 6) is -3.10. The van der Waals surface area contributed by atoms with Crippen LogP contribution in [0.25, 0.3) is 11.0 Å². The van der Waals surface area contributed by atoms with Gasteiger partial charge in [-0.15, -0.1) is 0 Å². The minimum Gasteiger partial charge on any atom is -0.505 e. The van der Waals surface area contributed by atoms with Gasteiger partial charge in [0.1, 0.15) is 22.4 Å². The molecular weight excluding hydrogens is 409 g/mol. The molecule has 4 rings (SSSR count). The topological polar surface area (TPSA) is 131 Å². The van der Waals surface area contributed by atoms with Crippen LogP contribution in [0.5, 0.6) is 11.5 Å². The minimum absolute atomic E-state index is 0.0568. The summed E-state index contributed by atoms with van der Waals surface area (Å²) in [4.78, 5) is 41.4. The molecule has 10 heteroatoms. The predicted molar refractivity (Wildman–Crippen MR) is 107 cm³/mol. The van der Waals surface area contributed by atoms with Crippen molar-refractivity contribution in [2.75, 3.05) is 7.05 Å². The number of hydrogen-bond donors (Lipinski definition) is 3. The van der Waals surface area contributed by atoms with Crippen molar-refractivity contribution in [2.45, 2.75) is 25.5 Å². The number of nitrogens with one attached hydrogen (secondary N) is 1. The van der Waals surface area contributed by atoms with E-state index in [4.69, 9.17) is 4.74 Å². The number of aromatic nitrogens is 2. The van der Waals surface area contributed by atoms with Crippen molar-refractivity contribution in [3.05, 3.63) is 63.3 Å². The Hall–Kier alpha value is -3.95. The van der Waals surface area contributed by atoms with E-state index in [-0.39, 0.29) is 23.2 Å². The maximum atomic E-state index is 13.3. The van der Waals surface area contributed by atoms with Crippen molar-refractivity contribution in [2.24, 2.45) is 0 Å². The SMILES string of the molecule is CNC(=O)c1c(O)c2ncc(Cc3ccc(F)cc3)c3c2n(c1=O)CC(C)(C(=O)O)O3. The zero-order valence-electron chi connectivity index (χ0n) is 16.6. The lowest BCUT2D eigenvalue weighted by molar-refractivity contribution is -0.155. The second-order valence-electron chi connectivity index (χ2n) is 7.45. The first-order chi connectivity index (χ1) is 14.7. The Morgan fingerprint density at radius 3 is 2.61 bits per heavy atom. The average molecular weight is 427 g/mol. The predicted octanol–water partition coefficient (Wildman–Crippen LogP) is 1.43. The lowest BCUT2D eigenvalue weighted by Gasteiger charge is -2.34. The summed E-state index contributed by atoms with van der Waals surface area (Å²) < 4.78 is 20.2. The fraction of sp³-hybridized carbons (Fsp3) is 0.238. The molecule has 2 aromatic heterocycles. The second-order valence-corrected chi connectivity index (χ2v) is 7.45. The average Bonchev–Trinajstić information content (AvgIpc) is 2.74. The number of ether oxygens (including phenoxy) is 1. The monoisotopic (exact) mass is 427 g/mol. The number of halogens is 1. The van der Waals surface area contributed by atoms with E-state index in [0.717, 1.165) is 4.57 Å². The van der Waals surface area contributed by atoms with Crippen LogP contribution in [-0.4, -0.2) is 44.3 Å². The Kier molecular flexibility index (Phi) is 4.64. The molecule has 1 unspecified atom stereocenters. The standard InChI is InChI=1S/C21H18FN3O6/c1-21(20(29)30)9-25-15-14(16(26)13(19(25)28)18(27)23-2)24-8-11(17(15)31-21)7-10-3-5-12(22)6-4-10/h3-6,8,26H,7,9H2,1-2H3,(H,23,27)(H,29,30). The molecule has 0 saturated carbocycles. The van der Waals surface area contributed by atoms with E-state index in [0.29, 0.717) is 11.1 Å². The van der Waals surface area contributed by atoms with Crippen LogP contribution in [0.2, 0.25) is 0 Å². The van der Waals surface area contributed by atoms with Gasteiger partial charge in [-0.05, 0) is 24.6 Å². The quantitative estimate of drug-likeness (QED) is 0.574. The number of pyridine rings is 2. The molecule has 1 atom stereocenters. The van der Waals surface area contributed by atoms with Crippen molar-refractivity contribution in [1.29, 1.82) is 0 Å². The van der Waals surface area contributed by atoms with Gasteiger partial charge in [0.2, 0.25) is 5.60 Å². The van der Waals surface area contributed by atoms with Crippen LogP contribution >= 0.6 is 0 Å². The molecule has 0 saturated heterocycles. The van der Waals surface area contributed by atoms with Crippen molar-refractivity contribution in [3.8, 4) is 11.5 Å². The minimum atomic E-state index is -1.81. The number of amides is 1. The van der Waals surface area contributed by atoms with Gasteiger partial charge in [0.05, 0.1) is 6.54 Å². The lowest BCUT2D eigenvalue weighted by atomic mass is 9.99. The van der Waals surface area contributed by atoms with Crippen LogP contribution in [0.3, 0.4) is 0 Å². The second kappa shape index (κ2) is 7.08. The molecule has 1 aromatic carbocycles. The van der Waals surface area contributed by atoms with Crippen LogP contribution < -0.4 is 15.6 Å². The number of aliphatic carboxylic acids is 1. The smallest absolute Gasteiger partial charge is 0.349 e. The first kappa shape index (κ1) is 20.3.